The highest BCUT2D eigenvalue weighted by atomic mass is 16.5. The first-order valence-electron chi connectivity index (χ1n) is 6.57. The molecule has 0 fully saturated rings. The zero-order chi connectivity index (χ0) is 13.9. The van der Waals surface area contributed by atoms with Gasteiger partial charge in [0.05, 0.1) is 12.2 Å². The van der Waals surface area contributed by atoms with Crippen molar-refractivity contribution in [3.8, 4) is 16.9 Å². The Labute approximate surface area is 114 Å². The summed E-state index contributed by atoms with van der Waals surface area (Å²) in [6, 6.07) is 16.0. The summed E-state index contributed by atoms with van der Waals surface area (Å²) in [6.07, 6.45) is 0. The van der Waals surface area contributed by atoms with Crippen molar-refractivity contribution in [3.05, 3.63) is 54.1 Å². The summed E-state index contributed by atoms with van der Waals surface area (Å²) in [7, 11) is 0. The SMILES string of the molecule is CCOc1ccc(-c2ccc(C(C)(C)O)cc2)cc1. The minimum Gasteiger partial charge on any atom is -0.494 e. The summed E-state index contributed by atoms with van der Waals surface area (Å²) in [5.74, 6) is 0.888. The van der Waals surface area contributed by atoms with E-state index in [0.717, 1.165) is 22.4 Å². The van der Waals surface area contributed by atoms with Gasteiger partial charge < -0.3 is 9.84 Å². The number of rotatable bonds is 4. The standard InChI is InChI=1S/C17H20O2/c1-4-19-16-11-7-14(8-12-16)13-5-9-15(10-6-13)17(2,3)18/h5-12,18H,4H2,1-3H3. The molecule has 0 unspecified atom stereocenters. The highest BCUT2D eigenvalue weighted by Crippen LogP contribution is 2.26. The van der Waals surface area contributed by atoms with Crippen LogP contribution in [0.1, 0.15) is 26.3 Å². The molecule has 2 aromatic carbocycles. The normalized spacial score (nSPS) is 11.4. The fourth-order valence-electron chi connectivity index (χ4n) is 1.98. The van der Waals surface area contributed by atoms with Gasteiger partial charge in [0.1, 0.15) is 5.75 Å². The second-order valence-electron chi connectivity index (χ2n) is 5.09. The lowest BCUT2D eigenvalue weighted by Gasteiger charge is -2.18. The van der Waals surface area contributed by atoms with Gasteiger partial charge in [-0.25, -0.2) is 0 Å². The van der Waals surface area contributed by atoms with E-state index in [9.17, 15) is 5.11 Å². The Hall–Kier alpha value is -1.80. The van der Waals surface area contributed by atoms with Crippen molar-refractivity contribution in [2.75, 3.05) is 6.61 Å². The maximum absolute atomic E-state index is 9.93. The Bertz CT molecular complexity index is 519. The van der Waals surface area contributed by atoms with Gasteiger partial charge in [-0.05, 0) is 49.6 Å². The molecule has 0 aliphatic heterocycles. The maximum Gasteiger partial charge on any atom is 0.119 e. The lowest BCUT2D eigenvalue weighted by atomic mass is 9.95. The zero-order valence-electron chi connectivity index (χ0n) is 11.7. The number of hydrogen-bond donors (Lipinski definition) is 1. The molecule has 0 heterocycles. The molecule has 2 heteroatoms. The van der Waals surface area contributed by atoms with Crippen LogP contribution in [0.2, 0.25) is 0 Å². The summed E-state index contributed by atoms with van der Waals surface area (Å²) in [4.78, 5) is 0. The van der Waals surface area contributed by atoms with E-state index in [0.29, 0.717) is 6.61 Å². The summed E-state index contributed by atoms with van der Waals surface area (Å²) < 4.78 is 5.43. The van der Waals surface area contributed by atoms with E-state index in [1.807, 2.05) is 55.5 Å². The largest absolute Gasteiger partial charge is 0.494 e. The molecule has 0 saturated heterocycles. The van der Waals surface area contributed by atoms with Crippen LogP contribution in [0.3, 0.4) is 0 Å². The first-order valence-corrected chi connectivity index (χ1v) is 6.57. The van der Waals surface area contributed by atoms with Gasteiger partial charge in [0, 0.05) is 0 Å². The van der Waals surface area contributed by atoms with E-state index in [2.05, 4.69) is 0 Å². The van der Waals surface area contributed by atoms with Crippen LogP contribution in [0.4, 0.5) is 0 Å². The van der Waals surface area contributed by atoms with Gasteiger partial charge in [-0.1, -0.05) is 36.4 Å². The molecule has 0 bridgehead atoms. The topological polar surface area (TPSA) is 29.5 Å². The average Bonchev–Trinajstić information content (AvgIpc) is 2.39. The summed E-state index contributed by atoms with van der Waals surface area (Å²) in [6.45, 7) is 6.24. The number of ether oxygens (including phenoxy) is 1. The van der Waals surface area contributed by atoms with Gasteiger partial charge in [-0.15, -0.1) is 0 Å². The molecule has 0 aromatic heterocycles. The Morgan fingerprint density at radius 3 is 1.79 bits per heavy atom. The van der Waals surface area contributed by atoms with Gasteiger partial charge in [-0.3, -0.25) is 0 Å². The fraction of sp³-hybridized carbons (Fsp3) is 0.294. The Kier molecular flexibility index (Phi) is 3.91. The van der Waals surface area contributed by atoms with Crippen LogP contribution in [0, 0.1) is 0 Å². The molecule has 100 valence electrons. The molecule has 0 aliphatic rings. The van der Waals surface area contributed by atoms with E-state index < -0.39 is 5.60 Å². The number of hydrogen-bond acceptors (Lipinski definition) is 2. The summed E-state index contributed by atoms with van der Waals surface area (Å²) >= 11 is 0. The molecule has 2 rings (SSSR count). The first kappa shape index (κ1) is 13.6. The zero-order valence-corrected chi connectivity index (χ0v) is 11.7. The van der Waals surface area contributed by atoms with Crippen LogP contribution < -0.4 is 4.74 Å². The van der Waals surface area contributed by atoms with Crippen LogP contribution in [-0.4, -0.2) is 11.7 Å². The lowest BCUT2D eigenvalue weighted by molar-refractivity contribution is 0.0786. The van der Waals surface area contributed by atoms with Crippen molar-refractivity contribution in [2.24, 2.45) is 0 Å². The van der Waals surface area contributed by atoms with E-state index in [1.165, 1.54) is 0 Å². The molecule has 1 N–H and O–H groups in total. The molecule has 2 nitrogen and oxygen atoms in total. The third-order valence-electron chi connectivity index (χ3n) is 3.09. The molecule has 0 aliphatic carbocycles. The third-order valence-corrected chi connectivity index (χ3v) is 3.09. The molecule has 0 atom stereocenters. The number of aliphatic hydroxyl groups is 1. The van der Waals surface area contributed by atoms with Crippen molar-refractivity contribution in [1.29, 1.82) is 0 Å². The van der Waals surface area contributed by atoms with Gasteiger partial charge >= 0.3 is 0 Å². The van der Waals surface area contributed by atoms with Gasteiger partial charge in [0.25, 0.3) is 0 Å². The van der Waals surface area contributed by atoms with Crippen molar-refractivity contribution in [3.63, 3.8) is 0 Å². The second-order valence-corrected chi connectivity index (χ2v) is 5.09. The Morgan fingerprint density at radius 2 is 1.37 bits per heavy atom. The lowest BCUT2D eigenvalue weighted by Crippen LogP contribution is -2.14. The smallest absolute Gasteiger partial charge is 0.119 e. The van der Waals surface area contributed by atoms with E-state index in [-0.39, 0.29) is 0 Å². The number of benzene rings is 2. The Morgan fingerprint density at radius 1 is 0.895 bits per heavy atom. The molecule has 0 amide bonds. The highest BCUT2D eigenvalue weighted by Gasteiger charge is 2.15. The molecule has 19 heavy (non-hydrogen) atoms. The van der Waals surface area contributed by atoms with Crippen LogP contribution in [0.15, 0.2) is 48.5 Å². The predicted octanol–water partition coefficient (Wildman–Crippen LogP) is 3.98. The van der Waals surface area contributed by atoms with Crippen LogP contribution in [0.5, 0.6) is 5.75 Å². The van der Waals surface area contributed by atoms with E-state index in [1.54, 1.807) is 13.8 Å². The molecular weight excluding hydrogens is 236 g/mol. The monoisotopic (exact) mass is 256 g/mol. The Balaban J connectivity index is 2.22. The van der Waals surface area contributed by atoms with Crippen molar-refractivity contribution >= 4 is 0 Å². The summed E-state index contributed by atoms with van der Waals surface area (Å²) in [5, 5.41) is 9.93. The van der Waals surface area contributed by atoms with Crippen molar-refractivity contribution in [2.45, 2.75) is 26.4 Å². The molecule has 2 aromatic rings. The molecule has 0 saturated carbocycles. The second kappa shape index (κ2) is 5.45. The van der Waals surface area contributed by atoms with E-state index >= 15 is 0 Å². The first-order chi connectivity index (χ1) is 9.00. The van der Waals surface area contributed by atoms with Crippen molar-refractivity contribution < 1.29 is 9.84 Å². The van der Waals surface area contributed by atoms with Crippen LogP contribution in [-0.2, 0) is 5.60 Å². The summed E-state index contributed by atoms with van der Waals surface area (Å²) in [5.41, 5.74) is 2.40. The van der Waals surface area contributed by atoms with E-state index in [4.69, 9.17) is 4.74 Å². The van der Waals surface area contributed by atoms with Crippen LogP contribution in [0.25, 0.3) is 11.1 Å². The quantitative estimate of drug-likeness (QED) is 0.896. The highest BCUT2D eigenvalue weighted by molar-refractivity contribution is 5.64. The molecular formula is C17H20O2. The van der Waals surface area contributed by atoms with Crippen LogP contribution >= 0.6 is 0 Å². The fourth-order valence-corrected chi connectivity index (χ4v) is 1.98. The molecule has 0 radical (unpaired) electrons. The maximum atomic E-state index is 9.93. The van der Waals surface area contributed by atoms with Gasteiger partial charge in [0.15, 0.2) is 0 Å². The predicted molar refractivity (Wildman–Crippen MR) is 78.3 cm³/mol. The van der Waals surface area contributed by atoms with Crippen molar-refractivity contribution in [1.82, 2.24) is 0 Å². The average molecular weight is 256 g/mol. The van der Waals surface area contributed by atoms with Gasteiger partial charge in [-0.2, -0.15) is 0 Å². The van der Waals surface area contributed by atoms with Gasteiger partial charge in [0.2, 0.25) is 0 Å². The molecule has 0 spiro atoms. The third kappa shape index (κ3) is 3.36. The minimum atomic E-state index is -0.794. The minimum absolute atomic E-state index is 0.680.